The molecule has 1 aromatic rings. The first-order valence-electron chi connectivity index (χ1n) is 5.55. The normalized spacial score (nSPS) is 22.0. The molecule has 0 amide bonds. The standard InChI is InChI=1S/C10H15N5O2/c1-6-3-7(6)4-12-9-8(15(16)17)5-13-10(11-2)14-9/h5-7H,3-4H2,1-2H3,(H2,11,12,13,14). The molecule has 1 aromatic heterocycles. The van der Waals surface area contributed by atoms with Gasteiger partial charge < -0.3 is 10.6 Å². The van der Waals surface area contributed by atoms with Crippen LogP contribution in [0.4, 0.5) is 17.5 Å². The lowest BCUT2D eigenvalue weighted by Crippen LogP contribution is -2.10. The number of rotatable bonds is 5. The number of nitrogens with zero attached hydrogens (tertiary/aromatic N) is 3. The van der Waals surface area contributed by atoms with Gasteiger partial charge >= 0.3 is 5.69 Å². The van der Waals surface area contributed by atoms with E-state index in [-0.39, 0.29) is 11.5 Å². The predicted octanol–water partition coefficient (Wildman–Crippen LogP) is 1.49. The number of nitrogens with one attached hydrogen (secondary N) is 2. The first kappa shape index (κ1) is 11.6. The average Bonchev–Trinajstić information content (AvgIpc) is 3.02. The molecule has 0 spiro atoms. The van der Waals surface area contributed by atoms with Crippen LogP contribution in [0.1, 0.15) is 13.3 Å². The van der Waals surface area contributed by atoms with Crippen molar-refractivity contribution in [3.63, 3.8) is 0 Å². The van der Waals surface area contributed by atoms with Gasteiger partial charge in [-0.2, -0.15) is 4.98 Å². The highest BCUT2D eigenvalue weighted by atomic mass is 16.6. The Morgan fingerprint density at radius 3 is 2.88 bits per heavy atom. The highest BCUT2D eigenvalue weighted by Crippen LogP contribution is 2.37. The Morgan fingerprint density at radius 2 is 2.35 bits per heavy atom. The maximum Gasteiger partial charge on any atom is 0.329 e. The molecule has 2 atom stereocenters. The summed E-state index contributed by atoms with van der Waals surface area (Å²) < 4.78 is 0. The summed E-state index contributed by atoms with van der Waals surface area (Å²) in [4.78, 5) is 18.2. The molecule has 2 rings (SSSR count). The minimum absolute atomic E-state index is 0.0858. The molecule has 1 aliphatic rings. The molecule has 2 unspecified atom stereocenters. The van der Waals surface area contributed by atoms with E-state index in [9.17, 15) is 10.1 Å². The summed E-state index contributed by atoms with van der Waals surface area (Å²) in [5, 5.41) is 16.6. The number of aromatic nitrogens is 2. The zero-order valence-corrected chi connectivity index (χ0v) is 9.80. The van der Waals surface area contributed by atoms with E-state index < -0.39 is 4.92 Å². The Bertz CT molecular complexity index is 437. The van der Waals surface area contributed by atoms with Gasteiger partial charge in [0.15, 0.2) is 0 Å². The lowest BCUT2D eigenvalue weighted by Gasteiger charge is -2.06. The van der Waals surface area contributed by atoms with Crippen molar-refractivity contribution in [3.8, 4) is 0 Å². The first-order chi connectivity index (χ1) is 8.11. The van der Waals surface area contributed by atoms with E-state index in [1.54, 1.807) is 7.05 Å². The molecule has 2 N–H and O–H groups in total. The zero-order valence-electron chi connectivity index (χ0n) is 9.80. The Kier molecular flexibility index (Phi) is 3.08. The van der Waals surface area contributed by atoms with Crippen molar-refractivity contribution in [2.75, 3.05) is 24.2 Å². The van der Waals surface area contributed by atoms with Crippen molar-refractivity contribution in [3.05, 3.63) is 16.3 Å². The fourth-order valence-electron chi connectivity index (χ4n) is 1.67. The maximum absolute atomic E-state index is 10.8. The Labute approximate surface area is 98.8 Å². The number of hydrogen-bond donors (Lipinski definition) is 2. The van der Waals surface area contributed by atoms with Crippen LogP contribution in [0.3, 0.4) is 0 Å². The molecular formula is C10H15N5O2. The van der Waals surface area contributed by atoms with E-state index >= 15 is 0 Å². The summed E-state index contributed by atoms with van der Waals surface area (Å²) in [5.41, 5.74) is -0.0858. The lowest BCUT2D eigenvalue weighted by atomic mass is 10.3. The second-order valence-corrected chi connectivity index (χ2v) is 4.29. The minimum atomic E-state index is -0.474. The van der Waals surface area contributed by atoms with Crippen LogP contribution < -0.4 is 10.6 Å². The quantitative estimate of drug-likeness (QED) is 0.595. The SMILES string of the molecule is CNc1ncc([N+](=O)[O-])c(NCC2CC2C)n1. The molecule has 92 valence electrons. The molecule has 1 saturated carbocycles. The molecule has 7 heteroatoms. The van der Waals surface area contributed by atoms with Crippen LogP contribution in [0.2, 0.25) is 0 Å². The predicted molar refractivity (Wildman–Crippen MR) is 64.0 cm³/mol. The molecule has 1 heterocycles. The lowest BCUT2D eigenvalue weighted by molar-refractivity contribution is -0.384. The van der Waals surface area contributed by atoms with Gasteiger partial charge in [0.2, 0.25) is 11.8 Å². The monoisotopic (exact) mass is 237 g/mol. The van der Waals surface area contributed by atoms with Gasteiger partial charge in [0.1, 0.15) is 6.20 Å². The summed E-state index contributed by atoms with van der Waals surface area (Å²) >= 11 is 0. The van der Waals surface area contributed by atoms with Gasteiger partial charge in [-0.25, -0.2) is 4.98 Å². The number of nitro groups is 1. The first-order valence-corrected chi connectivity index (χ1v) is 5.55. The molecule has 7 nitrogen and oxygen atoms in total. The van der Waals surface area contributed by atoms with Gasteiger partial charge in [0.05, 0.1) is 4.92 Å². The molecular weight excluding hydrogens is 222 g/mol. The van der Waals surface area contributed by atoms with Crippen molar-refractivity contribution >= 4 is 17.5 Å². The summed E-state index contributed by atoms with van der Waals surface area (Å²) in [6.07, 6.45) is 2.39. The van der Waals surface area contributed by atoms with E-state index in [2.05, 4.69) is 27.5 Å². The van der Waals surface area contributed by atoms with Crippen LogP contribution in [0.5, 0.6) is 0 Å². The highest BCUT2D eigenvalue weighted by molar-refractivity contribution is 5.56. The van der Waals surface area contributed by atoms with Crippen molar-refractivity contribution < 1.29 is 4.92 Å². The third kappa shape index (κ3) is 2.61. The van der Waals surface area contributed by atoms with Crippen LogP contribution in [-0.2, 0) is 0 Å². The third-order valence-corrected chi connectivity index (χ3v) is 3.00. The fourth-order valence-corrected chi connectivity index (χ4v) is 1.67. The largest absolute Gasteiger partial charge is 0.364 e. The summed E-state index contributed by atoms with van der Waals surface area (Å²) in [5.74, 6) is 1.96. The molecule has 0 aromatic carbocycles. The van der Waals surface area contributed by atoms with Gasteiger partial charge in [0, 0.05) is 13.6 Å². The van der Waals surface area contributed by atoms with Gasteiger partial charge in [0.25, 0.3) is 0 Å². The Hall–Kier alpha value is -1.92. The zero-order chi connectivity index (χ0) is 12.4. The van der Waals surface area contributed by atoms with Gasteiger partial charge in [-0.3, -0.25) is 10.1 Å². The van der Waals surface area contributed by atoms with Crippen LogP contribution in [0.25, 0.3) is 0 Å². The van der Waals surface area contributed by atoms with Crippen LogP contribution >= 0.6 is 0 Å². The van der Waals surface area contributed by atoms with E-state index in [1.807, 2.05) is 0 Å². The van der Waals surface area contributed by atoms with Crippen LogP contribution in [-0.4, -0.2) is 28.5 Å². The molecule has 1 aliphatic carbocycles. The Morgan fingerprint density at radius 1 is 1.65 bits per heavy atom. The van der Waals surface area contributed by atoms with E-state index in [1.165, 1.54) is 12.6 Å². The molecule has 0 saturated heterocycles. The van der Waals surface area contributed by atoms with Crippen molar-refractivity contribution in [1.29, 1.82) is 0 Å². The van der Waals surface area contributed by atoms with E-state index in [4.69, 9.17) is 0 Å². The summed E-state index contributed by atoms with van der Waals surface area (Å²) in [6.45, 7) is 2.89. The number of hydrogen-bond acceptors (Lipinski definition) is 6. The van der Waals surface area contributed by atoms with Crippen LogP contribution in [0, 0.1) is 22.0 Å². The smallest absolute Gasteiger partial charge is 0.329 e. The highest BCUT2D eigenvalue weighted by Gasteiger charge is 2.32. The fraction of sp³-hybridized carbons (Fsp3) is 0.600. The summed E-state index contributed by atoms with van der Waals surface area (Å²) in [7, 11) is 1.67. The molecule has 1 fully saturated rings. The molecule has 0 bridgehead atoms. The summed E-state index contributed by atoms with van der Waals surface area (Å²) in [6, 6.07) is 0. The maximum atomic E-state index is 10.8. The van der Waals surface area contributed by atoms with E-state index in [0.717, 1.165) is 6.54 Å². The topological polar surface area (TPSA) is 93.0 Å². The van der Waals surface area contributed by atoms with E-state index in [0.29, 0.717) is 17.8 Å². The molecule has 0 aliphatic heterocycles. The van der Waals surface area contributed by atoms with Gasteiger partial charge in [-0.15, -0.1) is 0 Å². The van der Waals surface area contributed by atoms with Gasteiger partial charge in [-0.05, 0) is 18.3 Å². The molecule has 17 heavy (non-hydrogen) atoms. The van der Waals surface area contributed by atoms with Gasteiger partial charge in [-0.1, -0.05) is 6.92 Å². The third-order valence-electron chi connectivity index (χ3n) is 3.00. The average molecular weight is 237 g/mol. The van der Waals surface area contributed by atoms with Crippen LogP contribution in [0.15, 0.2) is 6.20 Å². The van der Waals surface area contributed by atoms with Crippen molar-refractivity contribution in [2.24, 2.45) is 11.8 Å². The van der Waals surface area contributed by atoms with Crippen molar-refractivity contribution in [1.82, 2.24) is 9.97 Å². The minimum Gasteiger partial charge on any atom is -0.364 e. The number of anilines is 2. The Balaban J connectivity index is 2.13. The second-order valence-electron chi connectivity index (χ2n) is 4.29. The molecule has 0 radical (unpaired) electrons. The second kappa shape index (κ2) is 4.52. The van der Waals surface area contributed by atoms with Crippen molar-refractivity contribution in [2.45, 2.75) is 13.3 Å².